The summed E-state index contributed by atoms with van der Waals surface area (Å²) < 4.78 is 0. The minimum absolute atomic E-state index is 0.0424. The number of piperidine rings is 1. The number of carbonyl (C=O) groups is 2. The van der Waals surface area contributed by atoms with Crippen molar-refractivity contribution >= 4 is 11.9 Å². The summed E-state index contributed by atoms with van der Waals surface area (Å²) >= 11 is 0. The molecule has 0 bridgehead atoms. The number of likely N-dealkylation sites (tertiary alicyclic amines) is 1. The lowest BCUT2D eigenvalue weighted by Gasteiger charge is -2.44. The molecule has 2 rings (SSSR count). The van der Waals surface area contributed by atoms with E-state index in [1.165, 1.54) is 32.1 Å². The number of rotatable bonds is 4. The molecule has 0 spiro atoms. The molecule has 1 aliphatic carbocycles. The summed E-state index contributed by atoms with van der Waals surface area (Å²) in [5, 5.41) is 9.52. The molecule has 120 valence electrons. The van der Waals surface area contributed by atoms with Crippen LogP contribution in [0.3, 0.4) is 0 Å². The summed E-state index contributed by atoms with van der Waals surface area (Å²) in [7, 11) is 0. The third-order valence-corrected chi connectivity index (χ3v) is 5.32. The van der Waals surface area contributed by atoms with Crippen LogP contribution in [0, 0.1) is 11.3 Å². The predicted octanol–water partition coefficient (Wildman–Crippen LogP) is 3.45. The topological polar surface area (TPSA) is 57.6 Å². The zero-order valence-electron chi connectivity index (χ0n) is 13.4. The Kier molecular flexibility index (Phi) is 5.28. The first-order valence-corrected chi connectivity index (χ1v) is 8.44. The maximum Gasteiger partial charge on any atom is 0.326 e. The number of carboxylic acid groups (broad SMARTS) is 1. The van der Waals surface area contributed by atoms with Crippen molar-refractivity contribution in [3.63, 3.8) is 0 Å². The zero-order chi connectivity index (χ0) is 15.5. The van der Waals surface area contributed by atoms with Crippen molar-refractivity contribution in [2.24, 2.45) is 11.3 Å². The van der Waals surface area contributed by atoms with Crippen LogP contribution in [-0.2, 0) is 9.59 Å². The van der Waals surface area contributed by atoms with Crippen LogP contribution in [0.5, 0.6) is 0 Å². The minimum Gasteiger partial charge on any atom is -0.480 e. The summed E-state index contributed by atoms with van der Waals surface area (Å²) in [6.07, 6.45) is 9.60. The van der Waals surface area contributed by atoms with Gasteiger partial charge < -0.3 is 10.0 Å². The van der Waals surface area contributed by atoms with Crippen LogP contribution >= 0.6 is 0 Å². The summed E-state index contributed by atoms with van der Waals surface area (Å²) in [5.41, 5.74) is -0.329. The first kappa shape index (κ1) is 16.3. The van der Waals surface area contributed by atoms with E-state index in [9.17, 15) is 14.7 Å². The molecule has 0 aromatic heterocycles. The number of carboxylic acids is 1. The summed E-state index contributed by atoms with van der Waals surface area (Å²) in [5.74, 6) is -0.143. The molecular weight excluding hydrogens is 266 g/mol. The van der Waals surface area contributed by atoms with Gasteiger partial charge in [-0.05, 0) is 30.6 Å². The highest BCUT2D eigenvalue weighted by Gasteiger charge is 2.44. The first-order valence-electron chi connectivity index (χ1n) is 8.44. The number of carbonyl (C=O) groups excluding carboxylic acids is 1. The van der Waals surface area contributed by atoms with Crippen LogP contribution in [0.4, 0.5) is 0 Å². The van der Waals surface area contributed by atoms with Gasteiger partial charge in [0, 0.05) is 13.0 Å². The van der Waals surface area contributed by atoms with Crippen LogP contribution < -0.4 is 0 Å². The first-order chi connectivity index (χ1) is 9.92. The highest BCUT2D eigenvalue weighted by molar-refractivity contribution is 5.84. The number of aliphatic carboxylic acids is 1. The fraction of sp³-hybridized carbons (Fsp3) is 0.882. The monoisotopic (exact) mass is 295 g/mol. The van der Waals surface area contributed by atoms with E-state index in [2.05, 4.69) is 0 Å². The quantitative estimate of drug-likeness (QED) is 0.864. The number of nitrogens with zero attached hydrogens (tertiary/aromatic N) is 1. The lowest BCUT2D eigenvalue weighted by Crippen LogP contribution is -2.56. The molecule has 1 N–H and O–H groups in total. The molecule has 21 heavy (non-hydrogen) atoms. The molecule has 1 saturated heterocycles. The summed E-state index contributed by atoms with van der Waals surface area (Å²) in [4.78, 5) is 25.7. The smallest absolute Gasteiger partial charge is 0.326 e. The fourth-order valence-electron chi connectivity index (χ4n) is 4.08. The molecule has 0 radical (unpaired) electrons. The molecule has 1 atom stereocenters. The van der Waals surface area contributed by atoms with Gasteiger partial charge in [0.25, 0.3) is 0 Å². The second kappa shape index (κ2) is 6.80. The van der Waals surface area contributed by atoms with Gasteiger partial charge in [-0.3, -0.25) is 4.79 Å². The van der Waals surface area contributed by atoms with Gasteiger partial charge in [0.1, 0.15) is 6.04 Å². The Bertz CT molecular complexity index is 385. The van der Waals surface area contributed by atoms with Crippen molar-refractivity contribution < 1.29 is 14.7 Å². The van der Waals surface area contributed by atoms with E-state index >= 15 is 0 Å². The number of amides is 1. The van der Waals surface area contributed by atoms with Crippen molar-refractivity contribution in [3.8, 4) is 0 Å². The van der Waals surface area contributed by atoms with Gasteiger partial charge in [0.05, 0.1) is 0 Å². The Labute approximate surface area is 127 Å². The van der Waals surface area contributed by atoms with E-state index in [0.29, 0.717) is 18.9 Å². The maximum atomic E-state index is 12.5. The molecule has 0 aromatic rings. The van der Waals surface area contributed by atoms with Gasteiger partial charge in [-0.15, -0.1) is 0 Å². The third kappa shape index (κ3) is 3.98. The van der Waals surface area contributed by atoms with Gasteiger partial charge in [0.2, 0.25) is 5.91 Å². The van der Waals surface area contributed by atoms with Crippen LogP contribution in [-0.4, -0.2) is 34.5 Å². The summed E-state index contributed by atoms with van der Waals surface area (Å²) in [6.45, 7) is 4.53. The molecule has 2 aliphatic rings. The Morgan fingerprint density at radius 1 is 1.14 bits per heavy atom. The zero-order valence-corrected chi connectivity index (χ0v) is 13.4. The molecule has 1 heterocycles. The average molecular weight is 295 g/mol. The normalized spacial score (nSPS) is 26.6. The Morgan fingerprint density at radius 3 is 2.43 bits per heavy atom. The van der Waals surface area contributed by atoms with E-state index in [0.717, 1.165) is 19.3 Å². The van der Waals surface area contributed by atoms with E-state index < -0.39 is 12.0 Å². The van der Waals surface area contributed by atoms with Gasteiger partial charge >= 0.3 is 5.97 Å². The predicted molar refractivity (Wildman–Crippen MR) is 82.0 cm³/mol. The standard InChI is InChI=1S/C17H29NO3/c1-17(2)11-6-12-18(15(17)16(20)21)14(19)10-9-13-7-4-3-5-8-13/h13,15H,3-12H2,1-2H3,(H,20,21). The molecule has 1 saturated carbocycles. The molecule has 1 aliphatic heterocycles. The van der Waals surface area contributed by atoms with Gasteiger partial charge in [-0.1, -0.05) is 46.0 Å². The minimum atomic E-state index is -0.856. The third-order valence-electron chi connectivity index (χ3n) is 5.32. The van der Waals surface area contributed by atoms with E-state index in [1.54, 1.807) is 4.90 Å². The average Bonchev–Trinajstić information content (AvgIpc) is 2.44. The second-order valence-electron chi connectivity index (χ2n) is 7.46. The lowest BCUT2D eigenvalue weighted by atomic mass is 9.76. The van der Waals surface area contributed by atoms with Crippen LogP contribution in [0.1, 0.15) is 71.6 Å². The molecule has 0 aromatic carbocycles. The molecule has 4 heteroatoms. The largest absolute Gasteiger partial charge is 0.480 e. The Hall–Kier alpha value is -1.06. The van der Waals surface area contributed by atoms with E-state index in [1.807, 2.05) is 13.8 Å². The van der Waals surface area contributed by atoms with Crippen LogP contribution in [0.15, 0.2) is 0 Å². The van der Waals surface area contributed by atoms with Crippen molar-refractivity contribution in [1.82, 2.24) is 4.90 Å². The second-order valence-corrected chi connectivity index (χ2v) is 7.46. The van der Waals surface area contributed by atoms with E-state index in [-0.39, 0.29) is 11.3 Å². The lowest BCUT2D eigenvalue weighted by molar-refractivity contribution is -0.159. The molecule has 1 amide bonds. The van der Waals surface area contributed by atoms with Crippen molar-refractivity contribution in [3.05, 3.63) is 0 Å². The molecule has 4 nitrogen and oxygen atoms in total. The Morgan fingerprint density at radius 2 is 1.81 bits per heavy atom. The number of hydrogen-bond acceptors (Lipinski definition) is 2. The Balaban J connectivity index is 1.94. The van der Waals surface area contributed by atoms with Crippen molar-refractivity contribution in [1.29, 1.82) is 0 Å². The highest BCUT2D eigenvalue weighted by atomic mass is 16.4. The van der Waals surface area contributed by atoms with Crippen LogP contribution in [0.25, 0.3) is 0 Å². The highest BCUT2D eigenvalue weighted by Crippen LogP contribution is 2.36. The van der Waals surface area contributed by atoms with Gasteiger partial charge in [-0.25, -0.2) is 4.79 Å². The molecule has 2 fully saturated rings. The van der Waals surface area contributed by atoms with E-state index in [4.69, 9.17) is 0 Å². The molecule has 1 unspecified atom stereocenters. The van der Waals surface area contributed by atoms with Crippen molar-refractivity contribution in [2.75, 3.05) is 6.54 Å². The molecular formula is C17H29NO3. The van der Waals surface area contributed by atoms with Crippen molar-refractivity contribution in [2.45, 2.75) is 77.7 Å². The fourth-order valence-corrected chi connectivity index (χ4v) is 4.08. The van der Waals surface area contributed by atoms with Crippen LogP contribution in [0.2, 0.25) is 0 Å². The summed E-state index contributed by atoms with van der Waals surface area (Å²) in [6, 6.07) is -0.662. The SMILES string of the molecule is CC1(C)CCCN(C(=O)CCC2CCCCC2)C1C(=O)O. The van der Waals surface area contributed by atoms with Gasteiger partial charge in [-0.2, -0.15) is 0 Å². The maximum absolute atomic E-state index is 12.5. The van der Waals surface area contributed by atoms with Gasteiger partial charge in [0.15, 0.2) is 0 Å². The number of hydrogen-bond donors (Lipinski definition) is 1.